The van der Waals surface area contributed by atoms with Crippen LogP contribution in [-0.4, -0.2) is 26.2 Å². The minimum atomic E-state index is -4.63. The smallest absolute Gasteiger partial charge is 0.453 e. The first-order valence-electron chi connectivity index (χ1n) is 7.81. The fourth-order valence-corrected chi connectivity index (χ4v) is 3.45. The molecule has 0 unspecified atom stereocenters. The van der Waals surface area contributed by atoms with Crippen LogP contribution in [-0.2, 0) is 19.1 Å². The third-order valence-corrected chi connectivity index (χ3v) is 4.44. The number of halogens is 4. The van der Waals surface area contributed by atoms with Gasteiger partial charge in [0.1, 0.15) is 11.6 Å². The number of aromatic nitrogens is 4. The number of ether oxygens (including phenoxy) is 1. The number of rotatable bonds is 3. The molecular weight excluding hydrogens is 415 g/mol. The Kier molecular flexibility index (Phi) is 4.02. The van der Waals surface area contributed by atoms with Crippen LogP contribution >= 0.6 is 15.9 Å². The molecule has 0 aliphatic carbocycles. The summed E-state index contributed by atoms with van der Waals surface area (Å²) in [5.41, 5.74) is 2.55. The molecular formula is C16H13BrF3N5O. The molecule has 10 heteroatoms. The Balaban J connectivity index is 1.69. The summed E-state index contributed by atoms with van der Waals surface area (Å²) >= 11 is 3.47. The molecule has 0 saturated carbocycles. The molecule has 0 spiro atoms. The molecule has 26 heavy (non-hydrogen) atoms. The van der Waals surface area contributed by atoms with E-state index in [9.17, 15) is 13.2 Å². The maximum absolute atomic E-state index is 12.9. The monoisotopic (exact) mass is 427 g/mol. The molecule has 0 bridgehead atoms. The Labute approximate surface area is 154 Å². The van der Waals surface area contributed by atoms with Crippen LogP contribution in [0.4, 0.5) is 19.0 Å². The molecule has 6 nitrogen and oxygen atoms in total. The summed E-state index contributed by atoms with van der Waals surface area (Å²) in [6, 6.07) is 5.55. The van der Waals surface area contributed by atoms with Crippen LogP contribution in [0.15, 0.2) is 22.7 Å². The molecule has 3 aromatic rings. The molecule has 1 N–H and O–H groups in total. The van der Waals surface area contributed by atoms with Crippen molar-refractivity contribution in [3.8, 4) is 5.75 Å². The maximum Gasteiger partial charge on any atom is 0.453 e. The van der Waals surface area contributed by atoms with Gasteiger partial charge >= 0.3 is 6.18 Å². The summed E-state index contributed by atoms with van der Waals surface area (Å²) in [5, 5.41) is 6.66. The van der Waals surface area contributed by atoms with E-state index in [2.05, 4.69) is 36.3 Å². The van der Waals surface area contributed by atoms with Crippen molar-refractivity contribution >= 4 is 27.5 Å². The van der Waals surface area contributed by atoms with Gasteiger partial charge in [-0.05, 0) is 24.6 Å². The van der Waals surface area contributed by atoms with Crippen LogP contribution < -0.4 is 10.1 Å². The van der Waals surface area contributed by atoms with E-state index in [-0.39, 0.29) is 5.78 Å². The number of benzene rings is 1. The largest absolute Gasteiger partial charge is 0.493 e. The second-order valence-electron chi connectivity index (χ2n) is 5.93. The van der Waals surface area contributed by atoms with E-state index in [1.165, 1.54) is 0 Å². The first kappa shape index (κ1) is 17.1. The van der Waals surface area contributed by atoms with Gasteiger partial charge in [-0.2, -0.15) is 22.7 Å². The van der Waals surface area contributed by atoms with E-state index in [1.807, 2.05) is 12.1 Å². The topological polar surface area (TPSA) is 64.3 Å². The molecule has 0 radical (unpaired) electrons. The number of aryl methyl sites for hydroxylation is 1. The van der Waals surface area contributed by atoms with Crippen molar-refractivity contribution in [1.82, 2.24) is 19.6 Å². The van der Waals surface area contributed by atoms with Crippen LogP contribution in [0, 0.1) is 6.92 Å². The first-order valence-corrected chi connectivity index (χ1v) is 8.60. The summed E-state index contributed by atoms with van der Waals surface area (Å²) < 4.78 is 46.4. The van der Waals surface area contributed by atoms with E-state index in [0.717, 1.165) is 32.3 Å². The van der Waals surface area contributed by atoms with Crippen LogP contribution in [0.25, 0.3) is 5.78 Å². The van der Waals surface area contributed by atoms with Gasteiger partial charge in [0.2, 0.25) is 0 Å². The normalized spacial score (nSPS) is 13.7. The second-order valence-corrected chi connectivity index (χ2v) is 6.85. The van der Waals surface area contributed by atoms with Crippen LogP contribution in [0.2, 0.25) is 0 Å². The molecule has 1 aliphatic rings. The predicted molar refractivity (Wildman–Crippen MR) is 91.2 cm³/mol. The lowest BCUT2D eigenvalue weighted by molar-refractivity contribution is -0.144. The second kappa shape index (κ2) is 6.11. The van der Waals surface area contributed by atoms with Crippen molar-refractivity contribution in [2.24, 2.45) is 0 Å². The zero-order valence-electron chi connectivity index (χ0n) is 13.6. The molecule has 3 heterocycles. The van der Waals surface area contributed by atoms with Crippen molar-refractivity contribution < 1.29 is 17.9 Å². The number of nitrogens with zero attached hydrogens (tertiary/aromatic N) is 4. The lowest BCUT2D eigenvalue weighted by atomic mass is 10.1. The summed E-state index contributed by atoms with van der Waals surface area (Å²) in [4.78, 5) is 7.49. The maximum atomic E-state index is 12.9. The Morgan fingerprint density at radius 1 is 1.27 bits per heavy atom. The van der Waals surface area contributed by atoms with Crippen molar-refractivity contribution in [3.05, 3.63) is 45.3 Å². The third-order valence-electron chi connectivity index (χ3n) is 3.98. The van der Waals surface area contributed by atoms with Crippen molar-refractivity contribution in [3.63, 3.8) is 0 Å². The average Bonchev–Trinajstić information content (AvgIpc) is 3.17. The predicted octanol–water partition coefficient (Wildman–Crippen LogP) is 3.76. The molecule has 0 atom stereocenters. The molecule has 136 valence electrons. The highest BCUT2D eigenvalue weighted by molar-refractivity contribution is 9.10. The number of hydrogen-bond donors (Lipinski definition) is 1. The van der Waals surface area contributed by atoms with Gasteiger partial charge in [-0.1, -0.05) is 15.9 Å². The summed E-state index contributed by atoms with van der Waals surface area (Å²) in [7, 11) is 0. The number of fused-ring (bicyclic) bond motifs is 2. The number of nitrogens with one attached hydrogen (secondary N) is 1. The quantitative estimate of drug-likeness (QED) is 0.689. The van der Waals surface area contributed by atoms with Crippen LogP contribution in [0.1, 0.15) is 22.6 Å². The Hall–Kier alpha value is -2.36. The lowest BCUT2D eigenvalue weighted by Gasteiger charge is -2.12. The van der Waals surface area contributed by atoms with Gasteiger partial charge in [-0.25, -0.2) is 4.98 Å². The van der Waals surface area contributed by atoms with E-state index >= 15 is 0 Å². The minimum absolute atomic E-state index is 0.101. The molecule has 1 aliphatic heterocycles. The zero-order chi connectivity index (χ0) is 18.5. The zero-order valence-corrected chi connectivity index (χ0v) is 15.1. The third kappa shape index (κ3) is 3.09. The summed E-state index contributed by atoms with van der Waals surface area (Å²) in [6.45, 7) is 2.67. The fraction of sp³-hybridized carbons (Fsp3) is 0.312. The molecule has 0 fully saturated rings. The van der Waals surface area contributed by atoms with E-state index < -0.39 is 12.0 Å². The summed E-state index contributed by atoms with van der Waals surface area (Å²) in [6.07, 6.45) is -3.80. The van der Waals surface area contributed by atoms with Crippen LogP contribution in [0.3, 0.4) is 0 Å². The SMILES string of the molecule is Cc1cc(NCc2cc(Br)cc3c2OCC3)n2nc(C(F)(F)F)nc2n1. The molecule has 4 rings (SSSR count). The summed E-state index contributed by atoms with van der Waals surface area (Å²) in [5.74, 6) is -0.125. The number of anilines is 1. The highest BCUT2D eigenvalue weighted by atomic mass is 79.9. The first-order chi connectivity index (χ1) is 12.3. The van der Waals surface area contributed by atoms with Crippen LogP contribution in [0.5, 0.6) is 5.75 Å². The van der Waals surface area contributed by atoms with Gasteiger partial charge in [-0.15, -0.1) is 5.10 Å². The van der Waals surface area contributed by atoms with Gasteiger partial charge in [0.15, 0.2) is 0 Å². The highest BCUT2D eigenvalue weighted by Gasteiger charge is 2.36. The fourth-order valence-electron chi connectivity index (χ4n) is 2.90. The van der Waals surface area contributed by atoms with Gasteiger partial charge in [0, 0.05) is 34.8 Å². The molecule has 1 aromatic carbocycles. The van der Waals surface area contributed by atoms with Gasteiger partial charge in [0.05, 0.1) is 6.61 Å². The Bertz CT molecular complexity index is 1000. The van der Waals surface area contributed by atoms with Gasteiger partial charge in [-0.3, -0.25) is 0 Å². The van der Waals surface area contributed by atoms with E-state index in [4.69, 9.17) is 4.74 Å². The lowest BCUT2D eigenvalue weighted by Crippen LogP contribution is -2.09. The Morgan fingerprint density at radius 3 is 2.85 bits per heavy atom. The van der Waals surface area contributed by atoms with Crippen molar-refractivity contribution in [2.75, 3.05) is 11.9 Å². The van der Waals surface area contributed by atoms with Crippen molar-refractivity contribution in [2.45, 2.75) is 26.1 Å². The van der Waals surface area contributed by atoms with Gasteiger partial charge in [0.25, 0.3) is 11.6 Å². The highest BCUT2D eigenvalue weighted by Crippen LogP contribution is 2.33. The van der Waals surface area contributed by atoms with Crippen molar-refractivity contribution in [1.29, 1.82) is 0 Å². The molecule has 0 amide bonds. The molecule has 0 saturated heterocycles. The molecule has 2 aromatic heterocycles. The van der Waals surface area contributed by atoms with Gasteiger partial charge < -0.3 is 10.1 Å². The number of hydrogen-bond acceptors (Lipinski definition) is 5. The Morgan fingerprint density at radius 2 is 2.08 bits per heavy atom. The minimum Gasteiger partial charge on any atom is -0.493 e. The van der Waals surface area contributed by atoms with E-state index in [0.29, 0.717) is 24.7 Å². The average molecular weight is 428 g/mol. The standard InChI is InChI=1S/C16H13BrF3N5O/c1-8-4-12(25-15(22-8)23-14(24-25)16(18,19)20)21-7-10-6-11(17)5-9-2-3-26-13(9)10/h4-6,21H,2-3,7H2,1H3. The number of alkyl halides is 3. The van der Waals surface area contributed by atoms with E-state index in [1.54, 1.807) is 13.0 Å².